The van der Waals surface area contributed by atoms with E-state index >= 15 is 0 Å². The van der Waals surface area contributed by atoms with Gasteiger partial charge in [-0.3, -0.25) is 0 Å². The second kappa shape index (κ2) is 9.13. The summed E-state index contributed by atoms with van der Waals surface area (Å²) < 4.78 is 10.4. The molecule has 0 aliphatic carbocycles. The molecule has 0 amide bonds. The Kier molecular flexibility index (Phi) is 9.06. The molecule has 2 N–H and O–H groups in total. The number of ether oxygens (including phenoxy) is 2. The number of methoxy groups -OCH3 is 1. The Balaban J connectivity index is 3.11. The molecule has 0 saturated carbocycles. The zero-order valence-electron chi connectivity index (χ0n) is 10.6. The molecule has 0 rings (SSSR count). The normalized spacial score (nSPS) is 12.0. The summed E-state index contributed by atoms with van der Waals surface area (Å²) in [5, 5.41) is 0. The number of unbranched alkanes of at least 4 members (excludes halogenated alkanes) is 1. The average molecular weight is 217 g/mol. The van der Waals surface area contributed by atoms with Gasteiger partial charge in [-0.1, -0.05) is 20.3 Å². The summed E-state index contributed by atoms with van der Waals surface area (Å²) in [5.41, 5.74) is 5.94. The lowest BCUT2D eigenvalue weighted by Gasteiger charge is -2.21. The monoisotopic (exact) mass is 217 g/mol. The van der Waals surface area contributed by atoms with E-state index in [1.807, 2.05) is 0 Å². The molecule has 0 fully saturated rings. The molecule has 0 aromatic rings. The Bertz CT molecular complexity index is 138. The van der Waals surface area contributed by atoms with Gasteiger partial charge in [-0.2, -0.15) is 0 Å². The molecular formula is C12H27NO2. The van der Waals surface area contributed by atoms with Gasteiger partial charge in [-0.25, -0.2) is 0 Å². The Hall–Kier alpha value is -0.120. The van der Waals surface area contributed by atoms with Crippen molar-refractivity contribution in [3.05, 3.63) is 0 Å². The SMILES string of the molecule is COCCCOCCCCC(C)(C)CN. The van der Waals surface area contributed by atoms with Crippen LogP contribution >= 0.6 is 0 Å². The van der Waals surface area contributed by atoms with Crippen molar-refractivity contribution in [1.82, 2.24) is 0 Å². The van der Waals surface area contributed by atoms with Crippen molar-refractivity contribution in [3.63, 3.8) is 0 Å². The minimum Gasteiger partial charge on any atom is -0.385 e. The molecule has 0 aliphatic heterocycles. The first-order valence-corrected chi connectivity index (χ1v) is 5.89. The standard InChI is InChI=1S/C12H27NO2/c1-12(2,11-13)7-4-5-9-15-10-6-8-14-3/h4-11,13H2,1-3H3. The first-order valence-electron chi connectivity index (χ1n) is 5.89. The lowest BCUT2D eigenvalue weighted by atomic mass is 9.87. The van der Waals surface area contributed by atoms with Crippen LogP contribution in [0.2, 0.25) is 0 Å². The number of rotatable bonds is 10. The van der Waals surface area contributed by atoms with Crippen molar-refractivity contribution < 1.29 is 9.47 Å². The van der Waals surface area contributed by atoms with E-state index in [1.54, 1.807) is 7.11 Å². The number of hydrogen-bond donors (Lipinski definition) is 1. The molecule has 0 spiro atoms. The highest BCUT2D eigenvalue weighted by atomic mass is 16.5. The van der Waals surface area contributed by atoms with E-state index in [1.165, 1.54) is 12.8 Å². The van der Waals surface area contributed by atoms with Crippen LogP contribution in [0.25, 0.3) is 0 Å². The zero-order chi connectivity index (χ0) is 11.6. The molecule has 0 unspecified atom stereocenters. The summed E-state index contributed by atoms with van der Waals surface area (Å²) in [7, 11) is 1.72. The van der Waals surface area contributed by atoms with Crippen LogP contribution in [0.1, 0.15) is 39.5 Å². The second-order valence-corrected chi connectivity index (χ2v) is 4.78. The van der Waals surface area contributed by atoms with Crippen LogP contribution in [0.3, 0.4) is 0 Å². The van der Waals surface area contributed by atoms with Gasteiger partial charge < -0.3 is 15.2 Å². The van der Waals surface area contributed by atoms with Crippen molar-refractivity contribution in [3.8, 4) is 0 Å². The van der Waals surface area contributed by atoms with Crippen LogP contribution in [0.5, 0.6) is 0 Å². The van der Waals surface area contributed by atoms with Crippen LogP contribution < -0.4 is 5.73 Å². The predicted molar refractivity (Wildman–Crippen MR) is 64.0 cm³/mol. The Morgan fingerprint density at radius 2 is 1.67 bits per heavy atom. The van der Waals surface area contributed by atoms with Gasteiger partial charge in [0, 0.05) is 26.9 Å². The van der Waals surface area contributed by atoms with Crippen molar-refractivity contribution in [1.29, 1.82) is 0 Å². The maximum atomic E-state index is 5.66. The molecule has 92 valence electrons. The van der Waals surface area contributed by atoms with Gasteiger partial charge in [0.15, 0.2) is 0 Å². The van der Waals surface area contributed by atoms with Gasteiger partial charge in [0.25, 0.3) is 0 Å². The Morgan fingerprint density at radius 1 is 1.00 bits per heavy atom. The zero-order valence-corrected chi connectivity index (χ0v) is 10.6. The summed E-state index contributed by atoms with van der Waals surface area (Å²) in [6.45, 7) is 7.67. The maximum Gasteiger partial charge on any atom is 0.0487 e. The fourth-order valence-electron chi connectivity index (χ4n) is 1.32. The van der Waals surface area contributed by atoms with Gasteiger partial charge in [0.05, 0.1) is 0 Å². The average Bonchev–Trinajstić information content (AvgIpc) is 2.22. The van der Waals surface area contributed by atoms with E-state index < -0.39 is 0 Å². The molecule has 0 radical (unpaired) electrons. The smallest absolute Gasteiger partial charge is 0.0487 e. The summed E-state index contributed by atoms with van der Waals surface area (Å²) >= 11 is 0. The third kappa shape index (κ3) is 10.2. The van der Waals surface area contributed by atoms with Crippen molar-refractivity contribution in [2.24, 2.45) is 11.1 Å². The summed E-state index contributed by atoms with van der Waals surface area (Å²) in [6, 6.07) is 0. The minimum atomic E-state index is 0.288. The highest BCUT2D eigenvalue weighted by molar-refractivity contribution is 4.68. The second-order valence-electron chi connectivity index (χ2n) is 4.78. The first kappa shape index (κ1) is 14.9. The molecule has 0 atom stereocenters. The molecule has 15 heavy (non-hydrogen) atoms. The molecule has 0 aliphatic rings. The molecule has 0 heterocycles. The van der Waals surface area contributed by atoms with Crippen LogP contribution in [-0.2, 0) is 9.47 Å². The van der Waals surface area contributed by atoms with E-state index in [0.29, 0.717) is 0 Å². The number of nitrogens with two attached hydrogens (primary N) is 1. The molecule has 0 aromatic heterocycles. The quantitative estimate of drug-likeness (QED) is 0.571. The summed E-state index contributed by atoms with van der Waals surface area (Å²) in [5.74, 6) is 0. The molecular weight excluding hydrogens is 190 g/mol. The third-order valence-corrected chi connectivity index (χ3v) is 2.58. The summed E-state index contributed by atoms with van der Waals surface area (Å²) in [6.07, 6.45) is 4.51. The van der Waals surface area contributed by atoms with Gasteiger partial charge >= 0.3 is 0 Å². The van der Waals surface area contributed by atoms with Crippen molar-refractivity contribution >= 4 is 0 Å². The molecule has 0 aromatic carbocycles. The topological polar surface area (TPSA) is 44.5 Å². The first-order chi connectivity index (χ1) is 7.12. The van der Waals surface area contributed by atoms with E-state index in [2.05, 4.69) is 13.8 Å². The van der Waals surface area contributed by atoms with E-state index in [9.17, 15) is 0 Å². The third-order valence-electron chi connectivity index (χ3n) is 2.58. The van der Waals surface area contributed by atoms with E-state index in [-0.39, 0.29) is 5.41 Å². The van der Waals surface area contributed by atoms with E-state index in [4.69, 9.17) is 15.2 Å². The molecule has 3 heteroatoms. The minimum absolute atomic E-state index is 0.288. The maximum absolute atomic E-state index is 5.66. The Labute approximate surface area is 94.3 Å². The molecule has 0 bridgehead atoms. The highest BCUT2D eigenvalue weighted by Crippen LogP contribution is 2.20. The fraction of sp³-hybridized carbons (Fsp3) is 1.00. The molecule has 0 saturated heterocycles. The van der Waals surface area contributed by atoms with Crippen LogP contribution in [0.4, 0.5) is 0 Å². The van der Waals surface area contributed by atoms with Crippen LogP contribution in [0.15, 0.2) is 0 Å². The lowest BCUT2D eigenvalue weighted by Crippen LogP contribution is -2.23. The predicted octanol–water partition coefficient (Wildman–Crippen LogP) is 2.19. The lowest BCUT2D eigenvalue weighted by molar-refractivity contribution is 0.0987. The van der Waals surface area contributed by atoms with Crippen molar-refractivity contribution in [2.45, 2.75) is 39.5 Å². The summed E-state index contributed by atoms with van der Waals surface area (Å²) in [4.78, 5) is 0. The Morgan fingerprint density at radius 3 is 2.27 bits per heavy atom. The van der Waals surface area contributed by atoms with Gasteiger partial charge in [-0.15, -0.1) is 0 Å². The number of hydrogen-bond acceptors (Lipinski definition) is 3. The van der Waals surface area contributed by atoms with Crippen LogP contribution in [-0.4, -0.2) is 33.5 Å². The fourth-order valence-corrected chi connectivity index (χ4v) is 1.32. The largest absolute Gasteiger partial charge is 0.385 e. The van der Waals surface area contributed by atoms with Gasteiger partial charge in [-0.05, 0) is 31.2 Å². The van der Waals surface area contributed by atoms with E-state index in [0.717, 1.165) is 39.2 Å². The van der Waals surface area contributed by atoms with Gasteiger partial charge in [0.2, 0.25) is 0 Å². The highest BCUT2D eigenvalue weighted by Gasteiger charge is 2.13. The van der Waals surface area contributed by atoms with Crippen molar-refractivity contribution in [2.75, 3.05) is 33.5 Å². The van der Waals surface area contributed by atoms with Gasteiger partial charge in [0.1, 0.15) is 0 Å². The van der Waals surface area contributed by atoms with Crippen LogP contribution in [0, 0.1) is 5.41 Å². The molecule has 3 nitrogen and oxygen atoms in total.